The zero-order valence-electron chi connectivity index (χ0n) is 7.80. The highest BCUT2D eigenvalue weighted by Gasteiger charge is 2.43. The number of alkyl halides is 6. The van der Waals surface area contributed by atoms with Crippen molar-refractivity contribution in [2.24, 2.45) is 0 Å². The summed E-state index contributed by atoms with van der Waals surface area (Å²) in [5.74, 6) is 0. The van der Waals surface area contributed by atoms with Crippen molar-refractivity contribution in [1.29, 1.82) is 0 Å². The normalized spacial score (nSPS) is 18.0. The molecule has 0 aromatic heterocycles. The molecule has 0 aromatic carbocycles. The summed E-state index contributed by atoms with van der Waals surface area (Å²) in [4.78, 5) is 0. The highest BCUT2D eigenvalue weighted by molar-refractivity contribution is 4.59. The summed E-state index contributed by atoms with van der Waals surface area (Å²) >= 11 is 0. The maximum atomic E-state index is 10.8. The van der Waals surface area contributed by atoms with Gasteiger partial charge in [0, 0.05) is 26.2 Å². The third-order valence-corrected chi connectivity index (χ3v) is 1.36. The van der Waals surface area contributed by atoms with Crippen LogP contribution in [0.15, 0.2) is 0 Å². The Morgan fingerprint density at radius 2 is 0.933 bits per heavy atom. The molecule has 0 amide bonds. The molecule has 0 unspecified atom stereocenters. The van der Waals surface area contributed by atoms with Gasteiger partial charge in [-0.3, -0.25) is 0 Å². The molecular formula is C7H12F6N2. The van der Waals surface area contributed by atoms with Gasteiger partial charge in [0.1, 0.15) is 6.42 Å². The standard InChI is InChI=1S/C4H10N2.C3H2F6/c1-2-6-4-3-5-1;4-2(5,6)1-3(7,8)9/h5-6H,1-4H2;1H2. The Morgan fingerprint density at radius 3 is 1.00 bits per heavy atom. The van der Waals surface area contributed by atoms with Gasteiger partial charge in [-0.05, 0) is 0 Å². The molecular weight excluding hydrogens is 226 g/mol. The summed E-state index contributed by atoms with van der Waals surface area (Å²) in [6, 6.07) is 0. The maximum Gasteiger partial charge on any atom is 0.397 e. The quantitative estimate of drug-likeness (QED) is 0.627. The van der Waals surface area contributed by atoms with Crippen molar-refractivity contribution in [3.8, 4) is 0 Å². The minimum Gasteiger partial charge on any atom is -0.314 e. The number of piperazine rings is 1. The lowest BCUT2D eigenvalue weighted by Crippen LogP contribution is -2.39. The van der Waals surface area contributed by atoms with Crippen LogP contribution in [0.4, 0.5) is 26.3 Å². The van der Waals surface area contributed by atoms with Gasteiger partial charge in [0.15, 0.2) is 0 Å². The van der Waals surface area contributed by atoms with Crippen LogP contribution in [0.5, 0.6) is 0 Å². The first-order valence-corrected chi connectivity index (χ1v) is 4.26. The maximum absolute atomic E-state index is 10.8. The Morgan fingerprint density at radius 1 is 0.667 bits per heavy atom. The first kappa shape index (κ1) is 14.5. The third-order valence-electron chi connectivity index (χ3n) is 1.36. The van der Waals surface area contributed by atoms with Crippen LogP contribution < -0.4 is 10.6 Å². The number of hydrogen-bond acceptors (Lipinski definition) is 2. The molecule has 15 heavy (non-hydrogen) atoms. The highest BCUT2D eigenvalue weighted by Crippen LogP contribution is 2.31. The zero-order chi connectivity index (χ0) is 11.9. The van der Waals surface area contributed by atoms with Crippen LogP contribution in [0, 0.1) is 0 Å². The summed E-state index contributed by atoms with van der Waals surface area (Å²) in [6.07, 6.45) is -13.0. The second-order valence-corrected chi connectivity index (χ2v) is 2.91. The Labute approximate surface area is 83.0 Å². The van der Waals surface area contributed by atoms with Gasteiger partial charge < -0.3 is 10.6 Å². The summed E-state index contributed by atoms with van der Waals surface area (Å²) in [5, 5.41) is 6.44. The minimum atomic E-state index is -5.14. The van der Waals surface area contributed by atoms with Crippen LogP contribution in [0.25, 0.3) is 0 Å². The van der Waals surface area contributed by atoms with Crippen LogP contribution >= 0.6 is 0 Å². The molecule has 0 aromatic rings. The van der Waals surface area contributed by atoms with E-state index in [1.165, 1.54) is 0 Å². The van der Waals surface area contributed by atoms with E-state index in [1.807, 2.05) is 0 Å². The van der Waals surface area contributed by atoms with Crippen molar-refractivity contribution in [3.05, 3.63) is 0 Å². The fourth-order valence-electron chi connectivity index (χ4n) is 0.831. The van der Waals surface area contributed by atoms with Gasteiger partial charge in [0.25, 0.3) is 0 Å². The summed E-state index contributed by atoms with van der Waals surface area (Å²) in [7, 11) is 0. The van der Waals surface area contributed by atoms with Crippen LogP contribution in [-0.2, 0) is 0 Å². The largest absolute Gasteiger partial charge is 0.397 e. The molecule has 0 bridgehead atoms. The van der Waals surface area contributed by atoms with E-state index in [-0.39, 0.29) is 0 Å². The number of nitrogens with one attached hydrogen (secondary N) is 2. The molecule has 1 fully saturated rings. The number of hydrogen-bond donors (Lipinski definition) is 2. The topological polar surface area (TPSA) is 24.1 Å². The molecule has 1 aliphatic rings. The average molecular weight is 238 g/mol. The lowest BCUT2D eigenvalue weighted by molar-refractivity contribution is -0.232. The minimum absolute atomic E-state index is 1.14. The van der Waals surface area contributed by atoms with Crippen molar-refractivity contribution in [2.45, 2.75) is 18.8 Å². The molecule has 92 valence electrons. The molecule has 0 aliphatic carbocycles. The van der Waals surface area contributed by atoms with Gasteiger partial charge in [0.2, 0.25) is 0 Å². The molecule has 0 saturated carbocycles. The third kappa shape index (κ3) is 13.5. The van der Waals surface area contributed by atoms with E-state index >= 15 is 0 Å². The number of rotatable bonds is 0. The Kier molecular flexibility index (Phi) is 5.96. The fourth-order valence-corrected chi connectivity index (χ4v) is 0.831. The smallest absolute Gasteiger partial charge is 0.314 e. The molecule has 8 heteroatoms. The van der Waals surface area contributed by atoms with Crippen molar-refractivity contribution < 1.29 is 26.3 Å². The lowest BCUT2D eigenvalue weighted by Gasteiger charge is -2.11. The second-order valence-electron chi connectivity index (χ2n) is 2.91. The van der Waals surface area contributed by atoms with Gasteiger partial charge in [0.05, 0.1) is 0 Å². The van der Waals surface area contributed by atoms with Crippen molar-refractivity contribution in [1.82, 2.24) is 10.6 Å². The Bertz CT molecular complexity index is 136. The predicted molar refractivity (Wildman–Crippen MR) is 42.5 cm³/mol. The molecule has 1 aliphatic heterocycles. The van der Waals surface area contributed by atoms with Gasteiger partial charge in [-0.1, -0.05) is 0 Å². The van der Waals surface area contributed by atoms with E-state index < -0.39 is 18.8 Å². The molecule has 0 atom stereocenters. The van der Waals surface area contributed by atoms with Crippen LogP contribution in [0.2, 0.25) is 0 Å². The molecule has 0 spiro atoms. The van der Waals surface area contributed by atoms with E-state index in [0.29, 0.717) is 0 Å². The van der Waals surface area contributed by atoms with Crippen molar-refractivity contribution >= 4 is 0 Å². The highest BCUT2D eigenvalue weighted by atomic mass is 19.4. The van der Waals surface area contributed by atoms with Crippen LogP contribution in [0.1, 0.15) is 6.42 Å². The van der Waals surface area contributed by atoms with E-state index in [9.17, 15) is 26.3 Å². The van der Waals surface area contributed by atoms with E-state index in [1.54, 1.807) is 0 Å². The molecule has 1 rings (SSSR count). The molecule has 2 nitrogen and oxygen atoms in total. The SMILES string of the molecule is C1CNCCN1.FC(F)(F)CC(F)(F)F. The zero-order valence-corrected chi connectivity index (χ0v) is 7.80. The van der Waals surface area contributed by atoms with Gasteiger partial charge in [-0.15, -0.1) is 0 Å². The molecule has 1 heterocycles. The van der Waals surface area contributed by atoms with Crippen LogP contribution in [-0.4, -0.2) is 38.5 Å². The summed E-state index contributed by atoms with van der Waals surface area (Å²) in [6.45, 7) is 4.56. The Hall–Kier alpha value is -0.500. The number of halogens is 6. The Balaban J connectivity index is 0.000000280. The summed E-state index contributed by atoms with van der Waals surface area (Å²) in [5.41, 5.74) is 0. The van der Waals surface area contributed by atoms with Gasteiger partial charge in [-0.25, -0.2) is 0 Å². The monoisotopic (exact) mass is 238 g/mol. The predicted octanol–water partition coefficient (Wildman–Crippen LogP) is 1.68. The van der Waals surface area contributed by atoms with Gasteiger partial charge in [-0.2, -0.15) is 26.3 Å². The summed E-state index contributed by atoms with van der Waals surface area (Å²) < 4.78 is 65.0. The first-order valence-electron chi connectivity index (χ1n) is 4.26. The fraction of sp³-hybridized carbons (Fsp3) is 1.00. The van der Waals surface area contributed by atoms with E-state index in [4.69, 9.17) is 0 Å². The first-order chi connectivity index (χ1) is 6.71. The van der Waals surface area contributed by atoms with Gasteiger partial charge >= 0.3 is 12.4 Å². The van der Waals surface area contributed by atoms with Crippen molar-refractivity contribution in [2.75, 3.05) is 26.2 Å². The molecule has 2 N–H and O–H groups in total. The molecule has 0 radical (unpaired) electrons. The van der Waals surface area contributed by atoms with E-state index in [0.717, 1.165) is 26.2 Å². The van der Waals surface area contributed by atoms with Crippen molar-refractivity contribution in [3.63, 3.8) is 0 Å². The molecule has 1 saturated heterocycles. The average Bonchev–Trinajstić information content (AvgIpc) is 2.01. The van der Waals surface area contributed by atoms with E-state index in [2.05, 4.69) is 10.6 Å². The van der Waals surface area contributed by atoms with Crippen LogP contribution in [0.3, 0.4) is 0 Å². The lowest BCUT2D eigenvalue weighted by atomic mass is 10.4. The second kappa shape index (κ2) is 6.16.